The number of likely N-dealkylation sites (tertiary alicyclic amines) is 1. The van der Waals surface area contributed by atoms with Gasteiger partial charge in [-0.15, -0.1) is 0 Å². The highest BCUT2D eigenvalue weighted by molar-refractivity contribution is 5.89. The first-order valence-corrected chi connectivity index (χ1v) is 8.10. The van der Waals surface area contributed by atoms with Gasteiger partial charge in [0, 0.05) is 25.7 Å². The van der Waals surface area contributed by atoms with Crippen LogP contribution in [0.4, 0.5) is 0 Å². The van der Waals surface area contributed by atoms with Gasteiger partial charge in [0.15, 0.2) is 0 Å². The van der Waals surface area contributed by atoms with Crippen molar-refractivity contribution in [1.29, 1.82) is 0 Å². The van der Waals surface area contributed by atoms with Crippen LogP contribution in [0.3, 0.4) is 0 Å². The van der Waals surface area contributed by atoms with Crippen molar-refractivity contribution >= 4 is 11.8 Å². The molecular formula is C17H23N3O3. The summed E-state index contributed by atoms with van der Waals surface area (Å²) in [7, 11) is 0. The number of nitrogens with two attached hydrogens (primary N) is 1. The van der Waals surface area contributed by atoms with Crippen LogP contribution >= 0.6 is 0 Å². The second-order valence-electron chi connectivity index (χ2n) is 6.22. The van der Waals surface area contributed by atoms with Crippen molar-refractivity contribution in [3.8, 4) is 0 Å². The standard InChI is InChI=1S/C17H23N3O3/c18-14-7-4-8-19(10-14)17(22)15-11-23-12-16(21)20(15)9-13-5-2-1-3-6-13/h1-3,5-6,14-15H,4,7-12,18H2/t14?,15-/m1/s1. The fourth-order valence-electron chi connectivity index (χ4n) is 3.21. The third-order valence-corrected chi connectivity index (χ3v) is 4.45. The van der Waals surface area contributed by atoms with Crippen molar-refractivity contribution in [1.82, 2.24) is 9.80 Å². The Balaban J connectivity index is 1.74. The minimum Gasteiger partial charge on any atom is -0.369 e. The van der Waals surface area contributed by atoms with Gasteiger partial charge in [-0.05, 0) is 18.4 Å². The summed E-state index contributed by atoms with van der Waals surface area (Å²) in [5.74, 6) is -0.191. The van der Waals surface area contributed by atoms with Crippen LogP contribution in [0.2, 0.25) is 0 Å². The Morgan fingerprint density at radius 2 is 2.09 bits per heavy atom. The average Bonchev–Trinajstić information content (AvgIpc) is 2.57. The van der Waals surface area contributed by atoms with Crippen LogP contribution < -0.4 is 5.73 Å². The number of carbonyl (C=O) groups excluding carboxylic acids is 2. The summed E-state index contributed by atoms with van der Waals surface area (Å²) in [5, 5.41) is 0. The van der Waals surface area contributed by atoms with Gasteiger partial charge < -0.3 is 20.3 Å². The number of rotatable bonds is 3. The van der Waals surface area contributed by atoms with Crippen LogP contribution in [0, 0.1) is 0 Å². The third kappa shape index (κ3) is 3.71. The lowest BCUT2D eigenvalue weighted by Gasteiger charge is -2.39. The van der Waals surface area contributed by atoms with E-state index in [1.807, 2.05) is 30.3 Å². The van der Waals surface area contributed by atoms with E-state index in [9.17, 15) is 9.59 Å². The Bertz CT molecular complexity index is 563. The van der Waals surface area contributed by atoms with Crippen LogP contribution in [0.5, 0.6) is 0 Å². The first-order chi connectivity index (χ1) is 11.1. The zero-order valence-electron chi connectivity index (χ0n) is 13.2. The zero-order valence-corrected chi connectivity index (χ0v) is 13.2. The fraction of sp³-hybridized carbons (Fsp3) is 0.529. The molecule has 2 N–H and O–H groups in total. The van der Waals surface area contributed by atoms with E-state index in [1.54, 1.807) is 9.80 Å². The molecular weight excluding hydrogens is 294 g/mol. The number of amides is 2. The van der Waals surface area contributed by atoms with Crippen LogP contribution in [0.25, 0.3) is 0 Å². The van der Waals surface area contributed by atoms with Gasteiger partial charge in [-0.2, -0.15) is 0 Å². The number of morpholine rings is 1. The first kappa shape index (κ1) is 16.0. The fourth-order valence-corrected chi connectivity index (χ4v) is 3.21. The Morgan fingerprint density at radius 3 is 2.83 bits per heavy atom. The molecule has 23 heavy (non-hydrogen) atoms. The molecule has 2 atom stereocenters. The molecule has 1 aromatic rings. The molecule has 1 unspecified atom stereocenters. The van der Waals surface area contributed by atoms with E-state index in [2.05, 4.69) is 0 Å². The molecule has 2 aliphatic heterocycles. The van der Waals surface area contributed by atoms with E-state index >= 15 is 0 Å². The summed E-state index contributed by atoms with van der Waals surface area (Å²) in [4.78, 5) is 28.5. The summed E-state index contributed by atoms with van der Waals surface area (Å²) in [6.45, 7) is 1.98. The Hall–Kier alpha value is -1.92. The molecule has 2 aliphatic rings. The molecule has 2 heterocycles. The van der Waals surface area contributed by atoms with Crippen LogP contribution in [0.15, 0.2) is 30.3 Å². The molecule has 0 spiro atoms. The van der Waals surface area contributed by atoms with E-state index < -0.39 is 6.04 Å². The minimum absolute atomic E-state index is 0.0236. The van der Waals surface area contributed by atoms with Crippen molar-refractivity contribution in [2.24, 2.45) is 5.73 Å². The van der Waals surface area contributed by atoms with Crippen LogP contribution in [-0.4, -0.2) is 60.0 Å². The summed E-state index contributed by atoms with van der Waals surface area (Å²) in [6, 6.07) is 9.18. The highest BCUT2D eigenvalue weighted by Crippen LogP contribution is 2.18. The highest BCUT2D eigenvalue weighted by Gasteiger charge is 2.37. The molecule has 2 saturated heterocycles. The van der Waals surface area contributed by atoms with Gasteiger partial charge in [0.1, 0.15) is 12.6 Å². The van der Waals surface area contributed by atoms with Crippen molar-refractivity contribution in [3.05, 3.63) is 35.9 Å². The molecule has 2 fully saturated rings. The number of hydrogen-bond donors (Lipinski definition) is 1. The van der Waals surface area contributed by atoms with Gasteiger partial charge in [0.2, 0.25) is 11.8 Å². The third-order valence-electron chi connectivity index (χ3n) is 4.45. The van der Waals surface area contributed by atoms with E-state index in [0.29, 0.717) is 19.6 Å². The highest BCUT2D eigenvalue weighted by atomic mass is 16.5. The van der Waals surface area contributed by atoms with Crippen LogP contribution in [-0.2, 0) is 20.9 Å². The number of ether oxygens (including phenoxy) is 1. The molecule has 124 valence electrons. The van der Waals surface area contributed by atoms with Gasteiger partial charge in [0.25, 0.3) is 0 Å². The van der Waals surface area contributed by atoms with Gasteiger partial charge in [-0.1, -0.05) is 30.3 Å². The largest absolute Gasteiger partial charge is 0.369 e. The number of nitrogens with zero attached hydrogens (tertiary/aromatic N) is 2. The van der Waals surface area contributed by atoms with Crippen molar-refractivity contribution in [3.63, 3.8) is 0 Å². The second kappa shape index (κ2) is 7.10. The van der Waals surface area contributed by atoms with Gasteiger partial charge in [-0.3, -0.25) is 9.59 Å². The summed E-state index contributed by atoms with van der Waals surface area (Å²) >= 11 is 0. The molecule has 6 heteroatoms. The molecule has 0 aliphatic carbocycles. The van der Waals surface area contributed by atoms with E-state index in [-0.39, 0.29) is 31.1 Å². The van der Waals surface area contributed by atoms with Gasteiger partial charge in [-0.25, -0.2) is 0 Å². The zero-order chi connectivity index (χ0) is 16.2. The monoisotopic (exact) mass is 317 g/mol. The molecule has 3 rings (SSSR count). The number of hydrogen-bond acceptors (Lipinski definition) is 4. The Labute approximate surface area is 136 Å². The van der Waals surface area contributed by atoms with E-state index in [0.717, 1.165) is 18.4 Å². The van der Waals surface area contributed by atoms with Crippen molar-refractivity contribution < 1.29 is 14.3 Å². The topological polar surface area (TPSA) is 75.9 Å². The van der Waals surface area contributed by atoms with E-state index in [4.69, 9.17) is 10.5 Å². The number of piperidine rings is 1. The lowest BCUT2D eigenvalue weighted by Crippen LogP contribution is -2.59. The quantitative estimate of drug-likeness (QED) is 0.873. The van der Waals surface area contributed by atoms with Gasteiger partial charge >= 0.3 is 0 Å². The number of carbonyl (C=O) groups is 2. The Kier molecular flexibility index (Phi) is 4.93. The second-order valence-corrected chi connectivity index (χ2v) is 6.22. The molecule has 2 amide bonds. The predicted molar refractivity (Wildman–Crippen MR) is 85.4 cm³/mol. The summed E-state index contributed by atoms with van der Waals surface area (Å²) in [6.07, 6.45) is 1.85. The smallest absolute Gasteiger partial charge is 0.249 e. The molecule has 0 saturated carbocycles. The summed E-state index contributed by atoms with van der Waals surface area (Å²) < 4.78 is 5.33. The minimum atomic E-state index is -0.554. The molecule has 0 bridgehead atoms. The lowest BCUT2D eigenvalue weighted by molar-refractivity contribution is -0.160. The maximum absolute atomic E-state index is 12.8. The molecule has 0 aromatic heterocycles. The maximum atomic E-state index is 12.8. The summed E-state index contributed by atoms with van der Waals surface area (Å²) in [5.41, 5.74) is 6.98. The predicted octanol–water partition coefficient (Wildman–Crippen LogP) is 0.364. The Morgan fingerprint density at radius 1 is 1.30 bits per heavy atom. The SMILES string of the molecule is NC1CCCN(C(=O)[C@H]2COCC(=O)N2Cc2ccccc2)C1. The lowest BCUT2D eigenvalue weighted by atomic mass is 10.0. The van der Waals surface area contributed by atoms with Crippen LogP contribution in [0.1, 0.15) is 18.4 Å². The normalized spacial score (nSPS) is 25.5. The van der Waals surface area contributed by atoms with Gasteiger partial charge in [0.05, 0.1) is 6.61 Å². The molecule has 0 radical (unpaired) electrons. The average molecular weight is 317 g/mol. The van der Waals surface area contributed by atoms with E-state index in [1.165, 1.54) is 0 Å². The molecule has 6 nitrogen and oxygen atoms in total. The maximum Gasteiger partial charge on any atom is 0.249 e. The van der Waals surface area contributed by atoms with Crippen molar-refractivity contribution in [2.45, 2.75) is 31.5 Å². The van der Waals surface area contributed by atoms with Crippen molar-refractivity contribution in [2.75, 3.05) is 26.3 Å². The number of benzene rings is 1. The molecule has 1 aromatic carbocycles. The first-order valence-electron chi connectivity index (χ1n) is 8.10.